The molecule has 1 atom stereocenters. The molecule has 65 heavy (non-hydrogen) atoms. The lowest BCUT2D eigenvalue weighted by Gasteiger charge is -2.64. The van der Waals surface area contributed by atoms with Crippen molar-refractivity contribution in [3.8, 4) is 5.75 Å². The number of imide groups is 2. The van der Waals surface area contributed by atoms with Crippen LogP contribution >= 0.6 is 11.6 Å². The molecule has 1 spiro atoms. The molecule has 1 saturated carbocycles. The number of ether oxygens (including phenoxy) is 2. The number of piperidine rings is 2. The molecule has 0 bridgehead atoms. The van der Waals surface area contributed by atoms with Gasteiger partial charge in [-0.15, -0.1) is 0 Å². The number of hydrogen-bond donors (Lipinski definition) is 3. The zero-order chi connectivity index (χ0) is 45.3. The van der Waals surface area contributed by atoms with Gasteiger partial charge in [0.1, 0.15) is 11.1 Å². The molecule has 340 valence electrons. The summed E-state index contributed by atoms with van der Waals surface area (Å²) in [6, 6.07) is 12.0. The number of fused-ring (bicyclic) bond motifs is 2. The molecular weight excluding hydrogens is 856 g/mol. The smallest absolute Gasteiger partial charge is 0.293 e. The summed E-state index contributed by atoms with van der Waals surface area (Å²) in [7, 11) is 1.51. The molecule has 10 rings (SSSR count). The molecular formula is C46H51ClN10O8. The summed E-state index contributed by atoms with van der Waals surface area (Å²) >= 11 is 6.60. The fourth-order valence-electron chi connectivity index (χ4n) is 10.3. The Hall–Kier alpha value is -6.11. The maximum atomic E-state index is 13.3. The summed E-state index contributed by atoms with van der Waals surface area (Å²) in [5.74, 6) is -1.18. The normalized spacial score (nSPS) is 23.0. The summed E-state index contributed by atoms with van der Waals surface area (Å²) < 4.78 is 13.8. The predicted octanol–water partition coefficient (Wildman–Crippen LogP) is 3.63. The summed E-state index contributed by atoms with van der Waals surface area (Å²) in [4.78, 5) is 93.0. The molecule has 18 nitrogen and oxygen atoms in total. The number of hydrogen-bond acceptors (Lipinski definition) is 14. The van der Waals surface area contributed by atoms with Crippen LogP contribution in [0.15, 0.2) is 53.5 Å². The van der Waals surface area contributed by atoms with E-state index in [1.54, 1.807) is 29.0 Å². The maximum absolute atomic E-state index is 13.3. The fourth-order valence-corrected chi connectivity index (χ4v) is 10.4. The first-order chi connectivity index (χ1) is 31.3. The molecule has 0 unspecified atom stereocenters. The maximum Gasteiger partial charge on any atom is 0.293 e. The number of carbonyl (C=O) groups excluding carboxylic acids is 5. The Morgan fingerprint density at radius 3 is 2.40 bits per heavy atom. The number of rotatable bonds is 12. The van der Waals surface area contributed by atoms with E-state index in [4.69, 9.17) is 26.1 Å². The summed E-state index contributed by atoms with van der Waals surface area (Å²) in [6.45, 7) is 8.89. The molecule has 0 radical (unpaired) electrons. The molecule has 5 aliphatic heterocycles. The van der Waals surface area contributed by atoms with Crippen molar-refractivity contribution in [3.63, 3.8) is 0 Å². The second-order valence-corrected chi connectivity index (χ2v) is 18.9. The minimum atomic E-state index is -0.975. The van der Waals surface area contributed by atoms with E-state index in [1.165, 1.54) is 7.05 Å². The number of benzene rings is 2. The van der Waals surface area contributed by atoms with Crippen molar-refractivity contribution in [1.82, 2.24) is 35.0 Å². The van der Waals surface area contributed by atoms with Crippen molar-refractivity contribution < 1.29 is 33.4 Å². The van der Waals surface area contributed by atoms with Crippen LogP contribution in [0.4, 0.5) is 23.1 Å². The van der Waals surface area contributed by atoms with Gasteiger partial charge >= 0.3 is 0 Å². The molecule has 2 aromatic carbocycles. The molecule has 2 aromatic heterocycles. The molecule has 5 fully saturated rings. The molecule has 7 heterocycles. The average Bonchev–Trinajstić information content (AvgIpc) is 3.49. The van der Waals surface area contributed by atoms with Gasteiger partial charge in [-0.3, -0.25) is 43.9 Å². The minimum absolute atomic E-state index is 0.0889. The standard InChI is InChI=1S/C46H51ClN10O8/c1-25(2)56-35-7-4-27(14-26(35)15-37(44(56)63)64-20-39(59)48-3)50-40-34(47)19-49-45(52-40)53-12-10-30(11-13-53)65-31-16-29(17-31)55-23-46(24-55)21-54(22-46)28-5-6-32-33(18-28)43(62)57(42(32)61)36-8-9-38(58)51-41(36)60/h4-7,14-15,18-19,25,29-31,36H,8-13,16-17,20-24H2,1-3H3,(H,48,59)(H,49,50,52)(H,51,58,60)/t29?,31?,36-/m1/s1. The van der Waals surface area contributed by atoms with Crippen LogP contribution in [0.2, 0.25) is 5.02 Å². The van der Waals surface area contributed by atoms with E-state index < -0.39 is 29.7 Å². The van der Waals surface area contributed by atoms with Crippen LogP contribution in [0.5, 0.6) is 5.75 Å². The van der Waals surface area contributed by atoms with Crippen LogP contribution in [0, 0.1) is 5.41 Å². The van der Waals surface area contributed by atoms with Gasteiger partial charge in [-0.25, -0.2) is 4.98 Å². The highest BCUT2D eigenvalue weighted by Gasteiger charge is 2.55. The third-order valence-corrected chi connectivity index (χ3v) is 14.0. The van der Waals surface area contributed by atoms with Crippen molar-refractivity contribution in [2.24, 2.45) is 5.41 Å². The highest BCUT2D eigenvalue weighted by Crippen LogP contribution is 2.46. The second-order valence-electron chi connectivity index (χ2n) is 18.5. The Bertz CT molecular complexity index is 2680. The molecule has 4 aromatic rings. The first-order valence-corrected chi connectivity index (χ1v) is 22.7. The summed E-state index contributed by atoms with van der Waals surface area (Å²) in [5, 5.41) is 9.19. The lowest BCUT2D eigenvalue weighted by Crippen LogP contribution is -2.75. The van der Waals surface area contributed by atoms with Crippen molar-refractivity contribution in [3.05, 3.63) is 75.2 Å². The lowest BCUT2D eigenvalue weighted by atomic mass is 9.70. The third-order valence-electron chi connectivity index (χ3n) is 13.8. The van der Waals surface area contributed by atoms with Crippen molar-refractivity contribution in [1.29, 1.82) is 0 Å². The largest absolute Gasteiger partial charge is 0.478 e. The number of anilines is 4. The van der Waals surface area contributed by atoms with E-state index in [1.807, 2.05) is 38.1 Å². The Kier molecular flexibility index (Phi) is 11.0. The van der Waals surface area contributed by atoms with Crippen LogP contribution in [-0.4, -0.2) is 131 Å². The van der Waals surface area contributed by atoms with Gasteiger partial charge < -0.3 is 34.5 Å². The zero-order valence-corrected chi connectivity index (χ0v) is 37.2. The number of halogens is 1. The highest BCUT2D eigenvalue weighted by molar-refractivity contribution is 6.33. The molecule has 4 saturated heterocycles. The monoisotopic (exact) mass is 906 g/mol. The number of amides is 5. The average molecular weight is 907 g/mol. The molecule has 1 aliphatic carbocycles. The molecule has 6 aliphatic rings. The van der Waals surface area contributed by atoms with E-state index in [-0.39, 0.29) is 60.3 Å². The van der Waals surface area contributed by atoms with E-state index in [0.29, 0.717) is 39.6 Å². The number of pyridine rings is 1. The second kappa shape index (κ2) is 16.7. The van der Waals surface area contributed by atoms with Gasteiger partial charge in [0.25, 0.3) is 23.3 Å². The van der Waals surface area contributed by atoms with Crippen molar-refractivity contribution in [2.75, 3.05) is 68.0 Å². The van der Waals surface area contributed by atoms with Crippen molar-refractivity contribution in [2.45, 2.75) is 82.7 Å². The van der Waals surface area contributed by atoms with Gasteiger partial charge in [0.2, 0.25) is 17.8 Å². The van der Waals surface area contributed by atoms with E-state index in [9.17, 15) is 28.8 Å². The zero-order valence-electron chi connectivity index (χ0n) is 36.5. The van der Waals surface area contributed by atoms with Crippen LogP contribution in [0.25, 0.3) is 10.9 Å². The lowest BCUT2D eigenvalue weighted by molar-refractivity contribution is -0.136. The summed E-state index contributed by atoms with van der Waals surface area (Å²) in [6.07, 6.45) is 6.01. The SMILES string of the molecule is CNC(=O)COc1cc2cc(Nc3nc(N4CCC(OC5CC(N6CC7(CN(c8ccc9c(c8)C(=O)N([C@@H]8CCC(=O)NC8=O)C9=O)C7)C6)C5)CC4)ncc3Cl)ccc2n(C(C)C)c1=O. The van der Waals surface area contributed by atoms with Gasteiger partial charge in [-0.05, 0) is 88.4 Å². The minimum Gasteiger partial charge on any atom is -0.478 e. The Morgan fingerprint density at radius 2 is 1.68 bits per heavy atom. The predicted molar refractivity (Wildman–Crippen MR) is 241 cm³/mol. The Balaban J connectivity index is 0.681. The van der Waals surface area contributed by atoms with Gasteiger partial charge in [-0.1, -0.05) is 11.6 Å². The van der Waals surface area contributed by atoms with Crippen molar-refractivity contribution >= 4 is 75.2 Å². The molecule has 3 N–H and O–H groups in total. The first-order valence-electron chi connectivity index (χ1n) is 22.3. The van der Waals surface area contributed by atoms with Gasteiger partial charge in [-0.2, -0.15) is 4.98 Å². The number of nitrogens with one attached hydrogen (secondary N) is 3. The fraction of sp³-hybridized carbons (Fsp3) is 0.478. The highest BCUT2D eigenvalue weighted by atomic mass is 35.5. The first kappa shape index (κ1) is 42.8. The van der Waals surface area contributed by atoms with Gasteiger partial charge in [0.15, 0.2) is 18.2 Å². The Labute approximate surface area is 379 Å². The van der Waals surface area contributed by atoms with E-state index in [0.717, 1.165) is 86.4 Å². The van der Waals surface area contributed by atoms with Crippen LogP contribution < -0.4 is 36.0 Å². The number of likely N-dealkylation sites (tertiary alicyclic amines) is 1. The third kappa shape index (κ3) is 7.94. The molecule has 19 heteroatoms. The van der Waals surface area contributed by atoms with Crippen LogP contribution in [-0.2, 0) is 19.1 Å². The Morgan fingerprint density at radius 1 is 0.923 bits per heavy atom. The number of nitrogens with zero attached hydrogens (tertiary/aromatic N) is 7. The number of aromatic nitrogens is 3. The van der Waals surface area contributed by atoms with Crippen LogP contribution in [0.3, 0.4) is 0 Å². The quantitative estimate of drug-likeness (QED) is 0.174. The van der Waals surface area contributed by atoms with E-state index in [2.05, 4.69) is 35.6 Å². The van der Waals surface area contributed by atoms with Gasteiger partial charge in [0.05, 0.1) is 35.0 Å². The van der Waals surface area contributed by atoms with E-state index >= 15 is 0 Å². The summed E-state index contributed by atoms with van der Waals surface area (Å²) in [5.41, 5.74) is 2.85. The van der Waals surface area contributed by atoms with Crippen LogP contribution in [0.1, 0.15) is 79.1 Å². The molecule has 5 amide bonds. The van der Waals surface area contributed by atoms with Gasteiger partial charge in [0, 0.05) is 87.0 Å². The number of likely N-dealkylation sites (N-methyl/N-ethyl adjacent to an activating group) is 1. The number of carbonyl (C=O) groups is 5. The topological polar surface area (TPSA) is 201 Å².